The summed E-state index contributed by atoms with van der Waals surface area (Å²) < 4.78 is 5.26. The Bertz CT molecular complexity index is 913. The molecule has 0 bridgehead atoms. The number of likely N-dealkylation sites (tertiary alicyclic amines) is 1. The molecule has 0 radical (unpaired) electrons. The predicted molar refractivity (Wildman–Crippen MR) is 104 cm³/mol. The summed E-state index contributed by atoms with van der Waals surface area (Å²) >= 11 is 0. The molecule has 2 atom stereocenters. The maximum absolute atomic E-state index is 13.2. The molecular formula is C22H24N2O2. The number of carbonyl (C=O) groups is 1. The molecular weight excluding hydrogens is 324 g/mol. The Morgan fingerprint density at radius 3 is 2.73 bits per heavy atom. The molecule has 26 heavy (non-hydrogen) atoms. The molecule has 4 nitrogen and oxygen atoms in total. The lowest BCUT2D eigenvalue weighted by molar-refractivity contribution is 0.0821. The van der Waals surface area contributed by atoms with Crippen molar-refractivity contribution in [2.24, 2.45) is 0 Å². The van der Waals surface area contributed by atoms with E-state index in [4.69, 9.17) is 4.74 Å². The summed E-state index contributed by atoms with van der Waals surface area (Å²) in [7, 11) is 1.68. The zero-order valence-electron chi connectivity index (χ0n) is 15.2. The number of nitrogens with zero attached hydrogens (tertiary/aromatic N) is 1. The van der Waals surface area contributed by atoms with E-state index in [2.05, 4.69) is 22.0 Å². The van der Waals surface area contributed by atoms with Gasteiger partial charge in [0, 0.05) is 28.7 Å². The molecule has 1 aliphatic rings. The standard InChI is InChI=1S/C22H24N2O2/c1-15(22(25)19-14-23-20-7-4-3-6-18(19)20)24-13-5-8-21(24)16-9-11-17(26-2)12-10-16/h3-4,6-7,9-12,14-15,21,23H,5,8,13H2,1-2H3/t15-,21-/m1/s1. The molecule has 0 amide bonds. The van der Waals surface area contributed by atoms with E-state index in [1.165, 1.54) is 5.56 Å². The number of fused-ring (bicyclic) bond motifs is 1. The molecule has 1 aliphatic heterocycles. The van der Waals surface area contributed by atoms with E-state index >= 15 is 0 Å². The topological polar surface area (TPSA) is 45.3 Å². The van der Waals surface area contributed by atoms with Crippen LogP contribution in [0.5, 0.6) is 5.75 Å². The molecule has 2 aromatic carbocycles. The maximum atomic E-state index is 13.2. The number of benzene rings is 2. The SMILES string of the molecule is COc1ccc([C@H]2CCCN2[C@H](C)C(=O)c2c[nH]c3ccccc23)cc1. The minimum Gasteiger partial charge on any atom is -0.497 e. The van der Waals surface area contributed by atoms with Gasteiger partial charge >= 0.3 is 0 Å². The van der Waals surface area contributed by atoms with Gasteiger partial charge in [-0.1, -0.05) is 30.3 Å². The molecule has 0 spiro atoms. The Labute approximate surface area is 153 Å². The third kappa shape index (κ3) is 2.90. The number of hydrogen-bond donors (Lipinski definition) is 1. The monoisotopic (exact) mass is 348 g/mol. The number of Topliss-reactive ketones (excluding diaryl/α,β-unsaturated/α-hetero) is 1. The van der Waals surface area contributed by atoms with Crippen LogP contribution >= 0.6 is 0 Å². The summed E-state index contributed by atoms with van der Waals surface area (Å²) in [5, 5.41) is 1.00. The maximum Gasteiger partial charge on any atom is 0.181 e. The number of aromatic nitrogens is 1. The van der Waals surface area contributed by atoms with Crippen LogP contribution in [0.15, 0.2) is 54.7 Å². The molecule has 2 heterocycles. The van der Waals surface area contributed by atoms with E-state index < -0.39 is 0 Å². The zero-order valence-corrected chi connectivity index (χ0v) is 15.2. The largest absolute Gasteiger partial charge is 0.497 e. The number of ether oxygens (including phenoxy) is 1. The highest BCUT2D eigenvalue weighted by Gasteiger charge is 2.33. The number of hydrogen-bond acceptors (Lipinski definition) is 3. The van der Waals surface area contributed by atoms with Crippen LogP contribution < -0.4 is 4.74 Å². The van der Waals surface area contributed by atoms with Gasteiger partial charge in [-0.25, -0.2) is 0 Å². The van der Waals surface area contributed by atoms with Crippen LogP contribution in [0, 0.1) is 0 Å². The van der Waals surface area contributed by atoms with Crippen molar-refractivity contribution < 1.29 is 9.53 Å². The molecule has 0 aliphatic carbocycles. The number of carbonyl (C=O) groups excluding carboxylic acids is 1. The molecule has 1 aromatic heterocycles. The molecule has 3 aromatic rings. The van der Waals surface area contributed by atoms with E-state index in [0.717, 1.165) is 41.6 Å². The van der Waals surface area contributed by atoms with Gasteiger partial charge in [0.15, 0.2) is 5.78 Å². The third-order valence-electron chi connectivity index (χ3n) is 5.53. The zero-order chi connectivity index (χ0) is 18.1. The summed E-state index contributed by atoms with van der Waals surface area (Å²) in [6, 6.07) is 16.3. The molecule has 1 saturated heterocycles. The number of methoxy groups -OCH3 is 1. The Balaban J connectivity index is 1.59. The summed E-state index contributed by atoms with van der Waals surface area (Å²) in [5.41, 5.74) is 3.05. The van der Waals surface area contributed by atoms with Gasteiger partial charge in [0.25, 0.3) is 0 Å². The number of rotatable bonds is 5. The van der Waals surface area contributed by atoms with Crippen LogP contribution in [0.25, 0.3) is 10.9 Å². The van der Waals surface area contributed by atoms with Crippen LogP contribution in [0.3, 0.4) is 0 Å². The average molecular weight is 348 g/mol. The number of aromatic amines is 1. The van der Waals surface area contributed by atoms with Crippen molar-refractivity contribution in [1.29, 1.82) is 0 Å². The van der Waals surface area contributed by atoms with Crippen molar-refractivity contribution in [3.8, 4) is 5.75 Å². The summed E-state index contributed by atoms with van der Waals surface area (Å²) in [6.07, 6.45) is 4.04. The predicted octanol–water partition coefficient (Wildman–Crippen LogP) is 4.58. The van der Waals surface area contributed by atoms with E-state index in [0.29, 0.717) is 0 Å². The Kier molecular flexibility index (Phi) is 4.51. The first-order chi connectivity index (χ1) is 12.7. The van der Waals surface area contributed by atoms with Crippen LogP contribution in [0.2, 0.25) is 0 Å². The van der Waals surface area contributed by atoms with E-state index in [9.17, 15) is 4.79 Å². The van der Waals surface area contributed by atoms with Crippen molar-refractivity contribution in [3.63, 3.8) is 0 Å². The van der Waals surface area contributed by atoms with Gasteiger partial charge in [0.2, 0.25) is 0 Å². The second kappa shape index (κ2) is 6.96. The minimum atomic E-state index is -0.149. The first-order valence-electron chi connectivity index (χ1n) is 9.19. The Morgan fingerprint density at radius 2 is 1.96 bits per heavy atom. The van der Waals surface area contributed by atoms with Crippen molar-refractivity contribution in [3.05, 3.63) is 65.9 Å². The van der Waals surface area contributed by atoms with Gasteiger partial charge in [-0.3, -0.25) is 9.69 Å². The van der Waals surface area contributed by atoms with Crippen LogP contribution in [-0.4, -0.2) is 35.4 Å². The smallest absolute Gasteiger partial charge is 0.181 e. The van der Waals surface area contributed by atoms with Gasteiger partial charge in [-0.05, 0) is 50.1 Å². The number of ketones is 1. The van der Waals surface area contributed by atoms with E-state index in [1.54, 1.807) is 7.11 Å². The normalized spacial score (nSPS) is 18.9. The fraction of sp³-hybridized carbons (Fsp3) is 0.318. The second-order valence-corrected chi connectivity index (χ2v) is 6.96. The van der Waals surface area contributed by atoms with Crippen molar-refractivity contribution in [2.75, 3.05) is 13.7 Å². The minimum absolute atomic E-state index is 0.149. The first kappa shape index (κ1) is 16.9. The van der Waals surface area contributed by atoms with Gasteiger partial charge < -0.3 is 9.72 Å². The molecule has 4 heteroatoms. The lowest BCUT2D eigenvalue weighted by Gasteiger charge is -2.30. The Hall–Kier alpha value is -2.59. The van der Waals surface area contributed by atoms with E-state index in [1.807, 2.05) is 49.5 Å². The van der Waals surface area contributed by atoms with Crippen molar-refractivity contribution in [1.82, 2.24) is 9.88 Å². The number of H-pyrrole nitrogens is 1. The molecule has 1 fully saturated rings. The average Bonchev–Trinajstić information content (AvgIpc) is 3.34. The lowest BCUT2D eigenvalue weighted by atomic mass is 9.99. The lowest BCUT2D eigenvalue weighted by Crippen LogP contribution is -2.38. The fourth-order valence-electron chi connectivity index (χ4n) is 4.09. The highest BCUT2D eigenvalue weighted by molar-refractivity contribution is 6.10. The van der Waals surface area contributed by atoms with Crippen LogP contribution in [-0.2, 0) is 0 Å². The van der Waals surface area contributed by atoms with Crippen molar-refractivity contribution >= 4 is 16.7 Å². The Morgan fingerprint density at radius 1 is 1.19 bits per heavy atom. The van der Waals surface area contributed by atoms with Gasteiger partial charge in [0.05, 0.1) is 13.2 Å². The van der Waals surface area contributed by atoms with Crippen molar-refractivity contribution in [2.45, 2.75) is 31.8 Å². The molecule has 4 rings (SSSR count). The summed E-state index contributed by atoms with van der Waals surface area (Å²) in [5.74, 6) is 1.05. The highest BCUT2D eigenvalue weighted by Crippen LogP contribution is 2.35. The van der Waals surface area contributed by atoms with E-state index in [-0.39, 0.29) is 17.9 Å². The second-order valence-electron chi connectivity index (χ2n) is 6.96. The molecule has 0 saturated carbocycles. The summed E-state index contributed by atoms with van der Waals surface area (Å²) in [4.78, 5) is 18.8. The number of para-hydroxylation sites is 1. The first-order valence-corrected chi connectivity index (χ1v) is 9.19. The van der Waals surface area contributed by atoms with Gasteiger partial charge in [-0.2, -0.15) is 0 Å². The van der Waals surface area contributed by atoms with Gasteiger partial charge in [-0.15, -0.1) is 0 Å². The number of nitrogens with one attached hydrogen (secondary N) is 1. The quantitative estimate of drug-likeness (QED) is 0.686. The fourth-order valence-corrected chi connectivity index (χ4v) is 4.09. The van der Waals surface area contributed by atoms with Gasteiger partial charge in [0.1, 0.15) is 5.75 Å². The summed E-state index contributed by atoms with van der Waals surface area (Å²) in [6.45, 7) is 2.98. The molecule has 1 N–H and O–H groups in total. The third-order valence-corrected chi connectivity index (χ3v) is 5.53. The highest BCUT2D eigenvalue weighted by atomic mass is 16.5. The molecule has 0 unspecified atom stereocenters. The van der Waals surface area contributed by atoms with Crippen LogP contribution in [0.4, 0.5) is 0 Å². The molecule has 134 valence electrons. The van der Waals surface area contributed by atoms with Crippen LogP contribution in [0.1, 0.15) is 41.7 Å².